The first-order valence-electron chi connectivity index (χ1n) is 8.29. The lowest BCUT2D eigenvalue weighted by Crippen LogP contribution is -2.38. The summed E-state index contributed by atoms with van der Waals surface area (Å²) in [7, 11) is -3.60. The minimum absolute atomic E-state index is 0.0271. The maximum Gasteiger partial charge on any atom is 0.232 e. The molecule has 1 amide bonds. The van der Waals surface area contributed by atoms with Crippen molar-refractivity contribution in [3.05, 3.63) is 30.1 Å². The highest BCUT2D eigenvalue weighted by molar-refractivity contribution is 7.92. The van der Waals surface area contributed by atoms with Crippen molar-refractivity contribution in [1.29, 1.82) is 0 Å². The Balaban J connectivity index is 1.95. The second-order valence-corrected chi connectivity index (χ2v) is 8.36. The van der Waals surface area contributed by atoms with Gasteiger partial charge in [0.2, 0.25) is 15.9 Å². The van der Waals surface area contributed by atoms with Gasteiger partial charge in [0.25, 0.3) is 0 Å². The van der Waals surface area contributed by atoms with Crippen LogP contribution in [0.3, 0.4) is 0 Å². The van der Waals surface area contributed by atoms with Gasteiger partial charge in [-0.25, -0.2) is 12.8 Å². The Hall–Kier alpha value is -1.63. The van der Waals surface area contributed by atoms with Crippen LogP contribution >= 0.6 is 0 Å². The lowest BCUT2D eigenvalue weighted by molar-refractivity contribution is -0.132. The Morgan fingerprint density at radius 3 is 2.50 bits per heavy atom. The van der Waals surface area contributed by atoms with Gasteiger partial charge >= 0.3 is 0 Å². The molecule has 1 aromatic carbocycles. The molecule has 2 rings (SSSR count). The normalized spacial score (nSPS) is 16.2. The number of anilines is 1. The highest BCUT2D eigenvalue weighted by atomic mass is 32.2. The molecule has 5 nitrogen and oxygen atoms in total. The van der Waals surface area contributed by atoms with E-state index < -0.39 is 15.8 Å². The largest absolute Gasteiger partial charge is 0.343 e. The second-order valence-electron chi connectivity index (χ2n) is 6.45. The number of likely N-dealkylation sites (tertiary alicyclic amines) is 1. The third-order valence-corrected chi connectivity index (χ3v) is 5.59. The van der Waals surface area contributed by atoms with E-state index in [1.54, 1.807) is 6.07 Å². The molecule has 134 valence electrons. The number of nitrogens with zero attached hydrogens (tertiary/aromatic N) is 2. The number of piperidine rings is 1. The number of hydrogen-bond donors (Lipinski definition) is 0. The predicted molar refractivity (Wildman–Crippen MR) is 92.8 cm³/mol. The molecule has 1 aliphatic rings. The van der Waals surface area contributed by atoms with Crippen LogP contribution in [0, 0.1) is 11.7 Å². The quantitative estimate of drug-likeness (QED) is 0.787. The van der Waals surface area contributed by atoms with Crippen molar-refractivity contribution in [3.8, 4) is 0 Å². The van der Waals surface area contributed by atoms with Crippen molar-refractivity contribution in [2.75, 3.05) is 30.2 Å². The molecule has 0 saturated carbocycles. The molecule has 24 heavy (non-hydrogen) atoms. The Morgan fingerprint density at radius 1 is 1.29 bits per heavy atom. The van der Waals surface area contributed by atoms with E-state index in [-0.39, 0.29) is 24.6 Å². The molecule has 1 saturated heterocycles. The SMILES string of the molecule is CC1CCN(C(=O)CCCN(c2ccccc2F)S(C)(=O)=O)CC1. The van der Waals surface area contributed by atoms with E-state index in [2.05, 4.69) is 6.92 Å². The molecule has 7 heteroatoms. The summed E-state index contributed by atoms with van der Waals surface area (Å²) in [6.45, 7) is 3.81. The lowest BCUT2D eigenvalue weighted by Gasteiger charge is -2.30. The Bertz CT molecular complexity index is 670. The van der Waals surface area contributed by atoms with Crippen LogP contribution in [-0.4, -0.2) is 45.1 Å². The molecule has 0 atom stereocenters. The maximum atomic E-state index is 13.9. The molecule has 1 fully saturated rings. The fourth-order valence-corrected chi connectivity index (χ4v) is 3.88. The average molecular weight is 356 g/mol. The molecule has 0 bridgehead atoms. The molecular formula is C17H25FN2O3S. The van der Waals surface area contributed by atoms with Gasteiger partial charge in [0.05, 0.1) is 11.9 Å². The van der Waals surface area contributed by atoms with Crippen LogP contribution in [0.5, 0.6) is 0 Å². The van der Waals surface area contributed by atoms with Gasteiger partial charge in [0.15, 0.2) is 0 Å². The van der Waals surface area contributed by atoms with Gasteiger partial charge in [0, 0.05) is 26.1 Å². The molecule has 1 aromatic rings. The summed E-state index contributed by atoms with van der Waals surface area (Å²) in [5.74, 6) is 0.110. The monoisotopic (exact) mass is 356 g/mol. The van der Waals surface area contributed by atoms with Crippen molar-refractivity contribution in [2.45, 2.75) is 32.6 Å². The highest BCUT2D eigenvalue weighted by Crippen LogP contribution is 2.22. The highest BCUT2D eigenvalue weighted by Gasteiger charge is 2.23. The molecule has 0 N–H and O–H groups in total. The second kappa shape index (κ2) is 7.96. The van der Waals surface area contributed by atoms with Crippen molar-refractivity contribution >= 4 is 21.6 Å². The number of sulfonamides is 1. The van der Waals surface area contributed by atoms with E-state index in [0.717, 1.165) is 36.5 Å². The van der Waals surface area contributed by atoms with Gasteiger partial charge in [-0.05, 0) is 37.3 Å². The van der Waals surface area contributed by atoms with Crippen LogP contribution in [0.1, 0.15) is 32.6 Å². The number of benzene rings is 1. The summed E-state index contributed by atoms with van der Waals surface area (Å²) >= 11 is 0. The lowest BCUT2D eigenvalue weighted by atomic mass is 9.99. The van der Waals surface area contributed by atoms with E-state index in [4.69, 9.17) is 0 Å². The fourth-order valence-electron chi connectivity index (χ4n) is 2.91. The zero-order valence-corrected chi connectivity index (χ0v) is 15.1. The first kappa shape index (κ1) is 18.7. The van der Waals surface area contributed by atoms with Gasteiger partial charge < -0.3 is 4.90 Å². The van der Waals surface area contributed by atoms with Gasteiger partial charge in [-0.2, -0.15) is 0 Å². The Kier molecular flexibility index (Phi) is 6.21. The van der Waals surface area contributed by atoms with Crippen molar-refractivity contribution in [1.82, 2.24) is 4.90 Å². The minimum Gasteiger partial charge on any atom is -0.343 e. The van der Waals surface area contributed by atoms with Crippen LogP contribution in [0.2, 0.25) is 0 Å². The molecule has 1 aliphatic heterocycles. The van der Waals surface area contributed by atoms with Gasteiger partial charge in [0.1, 0.15) is 5.82 Å². The summed E-state index contributed by atoms with van der Waals surface area (Å²) in [6, 6.07) is 5.77. The number of hydrogen-bond acceptors (Lipinski definition) is 3. The van der Waals surface area contributed by atoms with Crippen LogP contribution in [-0.2, 0) is 14.8 Å². The molecule has 0 aromatic heterocycles. The number of halogens is 1. The number of rotatable bonds is 6. The van der Waals surface area contributed by atoms with Crippen LogP contribution in [0.25, 0.3) is 0 Å². The van der Waals surface area contributed by atoms with Crippen LogP contribution < -0.4 is 4.31 Å². The first-order valence-corrected chi connectivity index (χ1v) is 10.1. The van der Waals surface area contributed by atoms with E-state index in [1.807, 2.05) is 4.90 Å². The van der Waals surface area contributed by atoms with Crippen molar-refractivity contribution in [3.63, 3.8) is 0 Å². The fraction of sp³-hybridized carbons (Fsp3) is 0.588. The average Bonchev–Trinajstić information content (AvgIpc) is 2.52. The Morgan fingerprint density at radius 2 is 1.92 bits per heavy atom. The van der Waals surface area contributed by atoms with E-state index in [9.17, 15) is 17.6 Å². The molecular weight excluding hydrogens is 331 g/mol. The number of carbonyl (C=O) groups excluding carboxylic acids is 1. The Labute approximate surface area is 143 Å². The molecule has 0 unspecified atom stereocenters. The summed E-state index contributed by atoms with van der Waals surface area (Å²) in [6.07, 6.45) is 3.71. The molecule has 0 spiro atoms. The summed E-state index contributed by atoms with van der Waals surface area (Å²) in [5.41, 5.74) is 0.0271. The zero-order chi connectivity index (χ0) is 17.7. The summed E-state index contributed by atoms with van der Waals surface area (Å²) in [5, 5.41) is 0. The standard InChI is InChI=1S/C17H25FN2O3S/c1-14-9-12-19(13-10-14)17(21)8-5-11-20(24(2,22)23)16-7-4-3-6-15(16)18/h3-4,6-7,14H,5,8-13H2,1-2H3. The van der Waals surface area contributed by atoms with Gasteiger partial charge in [-0.1, -0.05) is 19.1 Å². The van der Waals surface area contributed by atoms with Gasteiger partial charge in [-0.3, -0.25) is 9.10 Å². The van der Waals surface area contributed by atoms with Crippen molar-refractivity contribution in [2.24, 2.45) is 5.92 Å². The zero-order valence-electron chi connectivity index (χ0n) is 14.2. The molecule has 0 aliphatic carbocycles. The molecule has 0 radical (unpaired) electrons. The maximum absolute atomic E-state index is 13.9. The number of carbonyl (C=O) groups is 1. The summed E-state index contributed by atoms with van der Waals surface area (Å²) < 4.78 is 38.9. The van der Waals surface area contributed by atoms with Gasteiger partial charge in [-0.15, -0.1) is 0 Å². The summed E-state index contributed by atoms with van der Waals surface area (Å²) in [4.78, 5) is 14.1. The van der Waals surface area contributed by atoms with E-state index in [1.165, 1.54) is 18.2 Å². The smallest absolute Gasteiger partial charge is 0.232 e. The predicted octanol–water partition coefficient (Wildman–Crippen LogP) is 2.63. The van der Waals surface area contributed by atoms with E-state index in [0.29, 0.717) is 12.3 Å². The molecule has 1 heterocycles. The van der Waals surface area contributed by atoms with Crippen molar-refractivity contribution < 1.29 is 17.6 Å². The third kappa shape index (κ3) is 4.93. The first-order chi connectivity index (χ1) is 11.3. The number of amides is 1. The third-order valence-electron chi connectivity index (χ3n) is 4.41. The topological polar surface area (TPSA) is 57.7 Å². The minimum atomic E-state index is -3.60. The number of para-hydroxylation sites is 1. The van der Waals surface area contributed by atoms with E-state index >= 15 is 0 Å². The van der Waals surface area contributed by atoms with Crippen LogP contribution in [0.15, 0.2) is 24.3 Å². The van der Waals surface area contributed by atoms with Crippen LogP contribution in [0.4, 0.5) is 10.1 Å².